The summed E-state index contributed by atoms with van der Waals surface area (Å²) in [5, 5.41) is 0. The van der Waals surface area contributed by atoms with E-state index in [4.69, 9.17) is 0 Å². The van der Waals surface area contributed by atoms with Crippen molar-refractivity contribution in [1.29, 1.82) is 0 Å². The zero-order valence-corrected chi connectivity index (χ0v) is 10.1. The molecule has 16 heavy (non-hydrogen) atoms. The summed E-state index contributed by atoms with van der Waals surface area (Å²) in [6.07, 6.45) is 0. The molecule has 0 atom stereocenters. The van der Waals surface area contributed by atoms with Gasteiger partial charge in [0, 0.05) is 0 Å². The topological polar surface area (TPSA) is 0 Å². The van der Waals surface area contributed by atoms with E-state index in [1.165, 1.54) is 22.3 Å². The summed E-state index contributed by atoms with van der Waals surface area (Å²) in [5.41, 5.74) is 5.26. The second-order valence-electron chi connectivity index (χ2n) is 4.45. The van der Waals surface area contributed by atoms with Gasteiger partial charge in [0.05, 0.1) is 0 Å². The van der Waals surface area contributed by atoms with Gasteiger partial charge in [-0.3, -0.25) is 0 Å². The summed E-state index contributed by atoms with van der Waals surface area (Å²) < 4.78 is 0. The van der Waals surface area contributed by atoms with Crippen LogP contribution < -0.4 is 0 Å². The normalized spacial score (nSPS) is 10.8. The van der Waals surface area contributed by atoms with Crippen molar-refractivity contribution in [2.75, 3.05) is 0 Å². The molecule has 0 amide bonds. The number of hydrogen-bond acceptors (Lipinski definition) is 0. The van der Waals surface area contributed by atoms with Crippen molar-refractivity contribution < 1.29 is 0 Å². The SMILES string of the molecule is Cc1[c]cccc1-c1ccccc1C(C)C. The zero-order valence-electron chi connectivity index (χ0n) is 10.1. The highest BCUT2D eigenvalue weighted by Crippen LogP contribution is 2.30. The molecule has 0 heteroatoms. The fourth-order valence-corrected chi connectivity index (χ4v) is 2.06. The molecule has 0 aliphatic carbocycles. The largest absolute Gasteiger partial charge is 0.0619 e. The number of rotatable bonds is 2. The molecule has 2 aromatic carbocycles. The minimum atomic E-state index is 0.552. The van der Waals surface area contributed by atoms with Crippen LogP contribution in [0.25, 0.3) is 11.1 Å². The molecular weight excluding hydrogens is 192 g/mol. The van der Waals surface area contributed by atoms with Crippen molar-refractivity contribution in [3.8, 4) is 11.1 Å². The molecule has 0 heterocycles. The predicted octanol–water partition coefficient (Wildman–Crippen LogP) is 4.59. The van der Waals surface area contributed by atoms with Gasteiger partial charge in [-0.25, -0.2) is 0 Å². The quantitative estimate of drug-likeness (QED) is 0.678. The van der Waals surface area contributed by atoms with Crippen molar-refractivity contribution in [3.05, 3.63) is 59.7 Å². The molecule has 0 saturated carbocycles. The Morgan fingerprint density at radius 3 is 2.31 bits per heavy atom. The maximum atomic E-state index is 3.26. The van der Waals surface area contributed by atoms with Crippen molar-refractivity contribution >= 4 is 0 Å². The third-order valence-corrected chi connectivity index (χ3v) is 2.94. The summed E-state index contributed by atoms with van der Waals surface area (Å²) >= 11 is 0. The van der Waals surface area contributed by atoms with Gasteiger partial charge in [0.25, 0.3) is 0 Å². The fraction of sp³-hybridized carbons (Fsp3) is 0.250. The van der Waals surface area contributed by atoms with Gasteiger partial charge in [0.2, 0.25) is 0 Å². The Labute approximate surface area is 97.9 Å². The number of benzene rings is 2. The second kappa shape index (κ2) is 4.52. The van der Waals surface area contributed by atoms with Crippen LogP contribution in [0.4, 0.5) is 0 Å². The molecule has 0 saturated heterocycles. The Balaban J connectivity index is 2.60. The molecule has 81 valence electrons. The Bertz CT molecular complexity index is 481. The first-order valence-corrected chi connectivity index (χ1v) is 5.76. The Hall–Kier alpha value is -1.56. The molecule has 0 N–H and O–H groups in total. The Morgan fingerprint density at radius 2 is 1.62 bits per heavy atom. The van der Waals surface area contributed by atoms with E-state index >= 15 is 0 Å². The van der Waals surface area contributed by atoms with Crippen LogP contribution in [0, 0.1) is 13.0 Å². The average Bonchev–Trinajstić information content (AvgIpc) is 2.29. The van der Waals surface area contributed by atoms with Gasteiger partial charge >= 0.3 is 0 Å². The van der Waals surface area contributed by atoms with Crippen LogP contribution in [0.5, 0.6) is 0 Å². The van der Waals surface area contributed by atoms with Crippen molar-refractivity contribution in [2.45, 2.75) is 26.7 Å². The lowest BCUT2D eigenvalue weighted by atomic mass is 9.91. The van der Waals surface area contributed by atoms with E-state index in [-0.39, 0.29) is 0 Å². The van der Waals surface area contributed by atoms with Gasteiger partial charge in [0.15, 0.2) is 0 Å². The fourth-order valence-electron chi connectivity index (χ4n) is 2.06. The maximum Gasteiger partial charge on any atom is -0.0146 e. The van der Waals surface area contributed by atoms with Crippen LogP contribution in [0.2, 0.25) is 0 Å². The van der Waals surface area contributed by atoms with E-state index in [0.29, 0.717) is 5.92 Å². The van der Waals surface area contributed by atoms with Crippen LogP contribution in [-0.4, -0.2) is 0 Å². The van der Waals surface area contributed by atoms with Gasteiger partial charge in [-0.2, -0.15) is 0 Å². The minimum Gasteiger partial charge on any atom is -0.0619 e. The third kappa shape index (κ3) is 2.01. The van der Waals surface area contributed by atoms with E-state index < -0.39 is 0 Å². The molecule has 0 aliphatic rings. The van der Waals surface area contributed by atoms with E-state index in [1.807, 2.05) is 6.07 Å². The zero-order chi connectivity index (χ0) is 11.5. The van der Waals surface area contributed by atoms with E-state index in [9.17, 15) is 0 Å². The molecule has 0 unspecified atom stereocenters. The highest BCUT2D eigenvalue weighted by atomic mass is 14.1. The van der Waals surface area contributed by atoms with E-state index in [0.717, 1.165) is 0 Å². The first kappa shape index (κ1) is 10.9. The summed E-state index contributed by atoms with van der Waals surface area (Å²) in [4.78, 5) is 0. The molecule has 2 rings (SSSR count). The number of aryl methyl sites for hydroxylation is 1. The third-order valence-electron chi connectivity index (χ3n) is 2.94. The smallest absolute Gasteiger partial charge is 0.0146 e. The van der Waals surface area contributed by atoms with Crippen molar-refractivity contribution in [2.24, 2.45) is 0 Å². The average molecular weight is 209 g/mol. The molecule has 0 aliphatic heterocycles. The van der Waals surface area contributed by atoms with Gasteiger partial charge in [0.1, 0.15) is 0 Å². The molecule has 0 spiro atoms. The first-order valence-electron chi connectivity index (χ1n) is 5.76. The maximum absolute atomic E-state index is 3.26. The van der Waals surface area contributed by atoms with Gasteiger partial charge in [-0.05, 0) is 41.2 Å². The van der Waals surface area contributed by atoms with Crippen LogP contribution in [0.1, 0.15) is 30.9 Å². The monoisotopic (exact) mass is 209 g/mol. The van der Waals surface area contributed by atoms with Crippen molar-refractivity contribution in [1.82, 2.24) is 0 Å². The Morgan fingerprint density at radius 1 is 0.938 bits per heavy atom. The van der Waals surface area contributed by atoms with Gasteiger partial charge in [-0.1, -0.05) is 56.3 Å². The number of hydrogen-bond donors (Lipinski definition) is 0. The van der Waals surface area contributed by atoms with Gasteiger partial charge < -0.3 is 0 Å². The summed E-state index contributed by atoms with van der Waals surface area (Å²) in [6, 6.07) is 18.1. The predicted molar refractivity (Wildman–Crippen MR) is 69.5 cm³/mol. The minimum absolute atomic E-state index is 0.552. The van der Waals surface area contributed by atoms with Crippen LogP contribution in [0.15, 0.2) is 42.5 Å². The van der Waals surface area contributed by atoms with Crippen molar-refractivity contribution in [3.63, 3.8) is 0 Å². The lowest BCUT2D eigenvalue weighted by molar-refractivity contribution is 0.869. The summed E-state index contributed by atoms with van der Waals surface area (Å²) in [7, 11) is 0. The molecule has 2 aromatic rings. The standard InChI is InChI=1S/C16H17/c1-12(2)14-9-6-7-11-16(14)15-10-5-4-8-13(15)3/h4-7,9-12H,1-3H3. The van der Waals surface area contributed by atoms with E-state index in [2.05, 4.69) is 63.2 Å². The van der Waals surface area contributed by atoms with Crippen LogP contribution >= 0.6 is 0 Å². The molecule has 0 aromatic heterocycles. The lowest BCUT2D eigenvalue weighted by Crippen LogP contribution is -1.93. The van der Waals surface area contributed by atoms with E-state index in [1.54, 1.807) is 0 Å². The molecular formula is C16H17. The van der Waals surface area contributed by atoms with Crippen LogP contribution in [-0.2, 0) is 0 Å². The first-order chi connectivity index (χ1) is 7.70. The highest BCUT2D eigenvalue weighted by molar-refractivity contribution is 5.70. The molecule has 1 radical (unpaired) electrons. The van der Waals surface area contributed by atoms with Crippen LogP contribution in [0.3, 0.4) is 0 Å². The Kier molecular flexibility index (Phi) is 3.09. The second-order valence-corrected chi connectivity index (χ2v) is 4.45. The highest BCUT2D eigenvalue weighted by Gasteiger charge is 2.08. The molecule has 0 fully saturated rings. The lowest BCUT2D eigenvalue weighted by Gasteiger charge is -2.14. The summed E-state index contributed by atoms with van der Waals surface area (Å²) in [6.45, 7) is 6.59. The molecule has 0 bridgehead atoms. The summed E-state index contributed by atoms with van der Waals surface area (Å²) in [5.74, 6) is 0.552. The van der Waals surface area contributed by atoms with Gasteiger partial charge in [-0.15, -0.1) is 0 Å². The molecule has 0 nitrogen and oxygen atoms in total.